The summed E-state index contributed by atoms with van der Waals surface area (Å²) in [5.41, 5.74) is 4.50. The van der Waals surface area contributed by atoms with Crippen LogP contribution in [0.4, 0.5) is 0 Å². The third-order valence-corrected chi connectivity index (χ3v) is 0.637. The first-order chi connectivity index (χ1) is 3.89. The van der Waals surface area contributed by atoms with Gasteiger partial charge in [-0.3, -0.25) is 0 Å². The van der Waals surface area contributed by atoms with Crippen molar-refractivity contribution in [2.45, 2.75) is 0 Å². The largest absolute Gasteiger partial charge is 0.341 e. The number of hydrogen-bond donors (Lipinski definition) is 1. The highest BCUT2D eigenvalue weighted by atomic mass is 15.0. The Balaban J connectivity index is 0.000000222. The van der Waals surface area contributed by atoms with Crippen LogP contribution in [-0.4, -0.2) is 16.6 Å². The van der Waals surface area contributed by atoms with E-state index in [0.29, 0.717) is 0 Å². The van der Waals surface area contributed by atoms with Gasteiger partial charge in [0, 0.05) is 19.4 Å². The molecule has 0 amide bonds. The molecule has 1 rings (SSSR count). The molecule has 1 heterocycles. The smallest absolute Gasteiger partial charge is 0.0943 e. The molecule has 0 aliphatic heterocycles. The maximum atomic E-state index is 4.50. The lowest BCUT2D eigenvalue weighted by atomic mass is 10.9. The van der Waals surface area contributed by atoms with E-state index < -0.39 is 0 Å². The Kier molecular flexibility index (Phi) is 3.88. The number of rotatable bonds is 0. The molecule has 0 unspecified atom stereocenters. The van der Waals surface area contributed by atoms with Crippen molar-refractivity contribution in [1.29, 1.82) is 0 Å². The zero-order chi connectivity index (χ0) is 6.41. The second kappa shape index (κ2) is 4.33. The Morgan fingerprint density at radius 1 is 1.50 bits per heavy atom. The van der Waals surface area contributed by atoms with Gasteiger partial charge in [-0.25, -0.2) is 4.98 Å². The van der Waals surface area contributed by atoms with E-state index in [4.69, 9.17) is 0 Å². The van der Waals surface area contributed by atoms with Gasteiger partial charge in [0.05, 0.1) is 6.33 Å². The molecule has 0 atom stereocenters. The molecule has 1 aromatic heterocycles. The summed E-state index contributed by atoms with van der Waals surface area (Å²) < 4.78 is 1.89. The minimum atomic E-state index is 1.50. The zero-order valence-corrected chi connectivity index (χ0v) is 5.20. The van der Waals surface area contributed by atoms with Crippen molar-refractivity contribution < 1.29 is 0 Å². The van der Waals surface area contributed by atoms with E-state index in [1.807, 2.05) is 17.8 Å². The van der Waals surface area contributed by atoms with Crippen LogP contribution >= 0.6 is 0 Å². The second-order valence-corrected chi connectivity index (χ2v) is 1.23. The van der Waals surface area contributed by atoms with Gasteiger partial charge in [0.25, 0.3) is 0 Å². The molecule has 8 heavy (non-hydrogen) atoms. The SMILES string of the molecule is CN.Cn1ccnc1. The molecule has 0 bridgehead atoms. The molecule has 3 nitrogen and oxygen atoms in total. The van der Waals surface area contributed by atoms with Gasteiger partial charge in [-0.1, -0.05) is 0 Å². The number of nitrogens with two attached hydrogens (primary N) is 1. The van der Waals surface area contributed by atoms with E-state index in [1.54, 1.807) is 12.5 Å². The normalized spacial score (nSPS) is 7.38. The Labute approximate surface area is 49.1 Å². The van der Waals surface area contributed by atoms with Crippen molar-refractivity contribution in [2.24, 2.45) is 12.8 Å². The van der Waals surface area contributed by atoms with Crippen molar-refractivity contribution in [3.63, 3.8) is 0 Å². The maximum absolute atomic E-state index is 4.50. The predicted molar refractivity (Wildman–Crippen MR) is 33.3 cm³/mol. The molecule has 0 fully saturated rings. The molecule has 0 spiro atoms. The molecule has 46 valence electrons. The molecule has 0 aliphatic carbocycles. The zero-order valence-electron chi connectivity index (χ0n) is 5.20. The van der Waals surface area contributed by atoms with E-state index in [9.17, 15) is 0 Å². The van der Waals surface area contributed by atoms with Crippen molar-refractivity contribution in [1.82, 2.24) is 9.55 Å². The second-order valence-electron chi connectivity index (χ2n) is 1.23. The molecule has 0 radical (unpaired) electrons. The highest BCUT2D eigenvalue weighted by molar-refractivity contribution is 4.70. The van der Waals surface area contributed by atoms with Crippen LogP contribution in [0.5, 0.6) is 0 Å². The summed E-state index contributed by atoms with van der Waals surface area (Å²) in [5, 5.41) is 0. The first-order valence-electron chi connectivity index (χ1n) is 2.39. The molecule has 0 aliphatic rings. The van der Waals surface area contributed by atoms with Gasteiger partial charge in [-0.15, -0.1) is 0 Å². The van der Waals surface area contributed by atoms with Gasteiger partial charge in [0.1, 0.15) is 0 Å². The summed E-state index contributed by atoms with van der Waals surface area (Å²) in [5.74, 6) is 0. The summed E-state index contributed by atoms with van der Waals surface area (Å²) in [7, 11) is 3.44. The lowest BCUT2D eigenvalue weighted by Gasteiger charge is -1.76. The Bertz CT molecular complexity index is 111. The monoisotopic (exact) mass is 113 g/mol. The molecule has 2 N–H and O–H groups in total. The van der Waals surface area contributed by atoms with Crippen molar-refractivity contribution in [3.8, 4) is 0 Å². The van der Waals surface area contributed by atoms with Crippen LogP contribution in [0.3, 0.4) is 0 Å². The van der Waals surface area contributed by atoms with E-state index in [0.717, 1.165) is 0 Å². The van der Waals surface area contributed by atoms with Gasteiger partial charge in [0.2, 0.25) is 0 Å². The average Bonchev–Trinajstić information content (AvgIpc) is 2.24. The summed E-state index contributed by atoms with van der Waals surface area (Å²) in [6, 6.07) is 0. The lowest BCUT2D eigenvalue weighted by molar-refractivity contribution is 0.913. The van der Waals surface area contributed by atoms with Crippen LogP contribution in [0, 0.1) is 0 Å². The van der Waals surface area contributed by atoms with Crippen LogP contribution in [0.1, 0.15) is 0 Å². The molecule has 1 aromatic rings. The van der Waals surface area contributed by atoms with E-state index in [-0.39, 0.29) is 0 Å². The van der Waals surface area contributed by atoms with Gasteiger partial charge in [-0.2, -0.15) is 0 Å². The van der Waals surface area contributed by atoms with Crippen LogP contribution in [0.25, 0.3) is 0 Å². The van der Waals surface area contributed by atoms with E-state index in [1.165, 1.54) is 7.05 Å². The molecular weight excluding hydrogens is 102 g/mol. The summed E-state index contributed by atoms with van der Waals surface area (Å²) in [4.78, 5) is 3.78. The molecule has 0 saturated carbocycles. The van der Waals surface area contributed by atoms with Crippen molar-refractivity contribution in [2.75, 3.05) is 7.05 Å². The highest BCUT2D eigenvalue weighted by Crippen LogP contribution is 1.73. The van der Waals surface area contributed by atoms with Crippen molar-refractivity contribution >= 4 is 0 Å². The summed E-state index contributed by atoms with van der Waals surface area (Å²) in [6.07, 6.45) is 5.39. The molecule has 3 heteroatoms. The fraction of sp³-hybridized carbons (Fsp3) is 0.400. The highest BCUT2D eigenvalue weighted by Gasteiger charge is 1.69. The number of aryl methyl sites for hydroxylation is 1. The third-order valence-electron chi connectivity index (χ3n) is 0.637. The van der Waals surface area contributed by atoms with Gasteiger partial charge in [-0.05, 0) is 7.05 Å². The predicted octanol–water partition coefficient (Wildman–Crippen LogP) is -0.00500. The van der Waals surface area contributed by atoms with Gasteiger partial charge >= 0.3 is 0 Å². The van der Waals surface area contributed by atoms with Crippen LogP contribution in [0.15, 0.2) is 18.7 Å². The van der Waals surface area contributed by atoms with Crippen LogP contribution < -0.4 is 5.73 Å². The van der Waals surface area contributed by atoms with E-state index >= 15 is 0 Å². The van der Waals surface area contributed by atoms with Gasteiger partial charge in [0.15, 0.2) is 0 Å². The number of imidazole rings is 1. The summed E-state index contributed by atoms with van der Waals surface area (Å²) in [6.45, 7) is 0. The quantitative estimate of drug-likeness (QED) is 0.514. The minimum Gasteiger partial charge on any atom is -0.341 e. The lowest BCUT2D eigenvalue weighted by Crippen LogP contribution is -1.76. The first kappa shape index (κ1) is 7.17. The fourth-order valence-electron chi connectivity index (χ4n) is 0.326. The number of nitrogens with zero attached hydrogens (tertiary/aromatic N) is 2. The number of hydrogen-bond acceptors (Lipinski definition) is 2. The third kappa shape index (κ3) is 2.36. The molecule has 0 aromatic carbocycles. The first-order valence-corrected chi connectivity index (χ1v) is 2.39. The van der Waals surface area contributed by atoms with Crippen LogP contribution in [-0.2, 0) is 7.05 Å². The fourth-order valence-corrected chi connectivity index (χ4v) is 0.326. The molecular formula is C5H11N3. The molecule has 0 saturated heterocycles. The Morgan fingerprint density at radius 3 is 2.25 bits per heavy atom. The van der Waals surface area contributed by atoms with Crippen LogP contribution in [0.2, 0.25) is 0 Å². The maximum Gasteiger partial charge on any atom is 0.0943 e. The Hall–Kier alpha value is -0.830. The minimum absolute atomic E-state index is 1.50. The van der Waals surface area contributed by atoms with E-state index in [2.05, 4.69) is 10.7 Å². The van der Waals surface area contributed by atoms with Crippen molar-refractivity contribution in [3.05, 3.63) is 18.7 Å². The standard InChI is InChI=1S/C4H6N2.CH5N/c1-6-3-2-5-4-6;1-2/h2-4H,1H3;2H2,1H3. The topological polar surface area (TPSA) is 43.8 Å². The van der Waals surface area contributed by atoms with Gasteiger partial charge < -0.3 is 10.3 Å². The summed E-state index contributed by atoms with van der Waals surface area (Å²) >= 11 is 0. The number of aromatic nitrogens is 2. The average molecular weight is 113 g/mol. The Morgan fingerprint density at radius 2 is 2.12 bits per heavy atom.